The van der Waals surface area contributed by atoms with Crippen LogP contribution < -0.4 is 4.74 Å². The molecule has 0 saturated carbocycles. The molecule has 0 aliphatic carbocycles. The second-order valence-electron chi connectivity index (χ2n) is 4.86. The lowest BCUT2D eigenvalue weighted by Crippen LogP contribution is -2.04. The molecule has 4 nitrogen and oxygen atoms in total. The molecule has 0 N–H and O–H groups in total. The van der Waals surface area contributed by atoms with E-state index in [2.05, 4.69) is 37.1 Å². The molecule has 0 aliphatic heterocycles. The number of nitrogens with zero attached hydrogens (tertiary/aromatic N) is 3. The number of aromatic nitrogens is 3. The highest BCUT2D eigenvalue weighted by Crippen LogP contribution is 2.31. The monoisotopic (exact) mass is 259 g/mol. The molecule has 0 amide bonds. The molecular weight excluding hydrogens is 238 g/mol. The van der Waals surface area contributed by atoms with E-state index in [9.17, 15) is 0 Å². The van der Waals surface area contributed by atoms with E-state index >= 15 is 0 Å². The van der Waals surface area contributed by atoms with E-state index in [1.165, 1.54) is 11.1 Å². The number of methoxy groups -OCH3 is 1. The highest BCUT2D eigenvalue weighted by atomic mass is 16.5. The Hall–Kier alpha value is -1.84. The second-order valence-corrected chi connectivity index (χ2v) is 4.86. The van der Waals surface area contributed by atoms with E-state index in [0.29, 0.717) is 5.92 Å². The van der Waals surface area contributed by atoms with E-state index in [1.807, 2.05) is 23.0 Å². The maximum absolute atomic E-state index is 5.47. The van der Waals surface area contributed by atoms with Crippen molar-refractivity contribution in [3.8, 4) is 5.75 Å². The van der Waals surface area contributed by atoms with Crippen LogP contribution in [0.3, 0.4) is 0 Å². The van der Waals surface area contributed by atoms with Crippen molar-refractivity contribution in [3.63, 3.8) is 0 Å². The molecule has 19 heavy (non-hydrogen) atoms. The molecule has 1 unspecified atom stereocenters. The fourth-order valence-corrected chi connectivity index (χ4v) is 2.47. The molecule has 1 aromatic heterocycles. The molecule has 2 aromatic rings. The number of benzene rings is 1. The van der Waals surface area contributed by atoms with Crippen LogP contribution in [-0.4, -0.2) is 22.1 Å². The van der Waals surface area contributed by atoms with Gasteiger partial charge in [0.1, 0.15) is 5.75 Å². The molecule has 1 aromatic carbocycles. The van der Waals surface area contributed by atoms with Gasteiger partial charge >= 0.3 is 0 Å². The summed E-state index contributed by atoms with van der Waals surface area (Å²) < 4.78 is 7.33. The molecule has 4 heteroatoms. The van der Waals surface area contributed by atoms with Crippen LogP contribution >= 0.6 is 0 Å². The first-order chi connectivity index (χ1) is 9.15. The Balaban J connectivity index is 2.22. The summed E-state index contributed by atoms with van der Waals surface area (Å²) in [5.74, 6) is 1.31. The maximum atomic E-state index is 5.47. The van der Waals surface area contributed by atoms with E-state index in [4.69, 9.17) is 4.74 Å². The second kappa shape index (κ2) is 5.87. The predicted octanol–water partition coefficient (Wildman–Crippen LogP) is 2.96. The van der Waals surface area contributed by atoms with Crippen molar-refractivity contribution in [3.05, 3.63) is 41.2 Å². The summed E-state index contributed by atoms with van der Waals surface area (Å²) in [6.45, 7) is 7.24. The molecule has 2 rings (SSSR count). The van der Waals surface area contributed by atoms with Crippen LogP contribution in [0.1, 0.15) is 36.6 Å². The fourth-order valence-electron chi connectivity index (χ4n) is 2.47. The normalized spacial score (nSPS) is 12.4. The van der Waals surface area contributed by atoms with Crippen LogP contribution in [0.5, 0.6) is 5.75 Å². The molecule has 0 aliphatic rings. The Morgan fingerprint density at radius 3 is 2.79 bits per heavy atom. The minimum Gasteiger partial charge on any atom is -0.496 e. The third-order valence-corrected chi connectivity index (χ3v) is 3.42. The van der Waals surface area contributed by atoms with Gasteiger partial charge in [0, 0.05) is 18.3 Å². The Bertz CT molecular complexity index is 548. The molecule has 0 radical (unpaired) electrons. The summed E-state index contributed by atoms with van der Waals surface area (Å²) in [7, 11) is 1.72. The predicted molar refractivity (Wildman–Crippen MR) is 75.5 cm³/mol. The first kappa shape index (κ1) is 13.6. The number of rotatable bonds is 5. The largest absolute Gasteiger partial charge is 0.496 e. The van der Waals surface area contributed by atoms with Gasteiger partial charge in [-0.15, -0.1) is 5.10 Å². The standard InChI is InChI=1S/C15H21N3O/c1-5-18-10-13(16-17-18)9-12(3)15-11(2)7-6-8-14(15)19-4/h6-8,10,12H,5,9H2,1-4H3. The van der Waals surface area contributed by atoms with Gasteiger partial charge in [-0.05, 0) is 37.8 Å². The topological polar surface area (TPSA) is 39.9 Å². The van der Waals surface area contributed by atoms with Crippen LogP contribution in [0.4, 0.5) is 0 Å². The first-order valence-corrected chi connectivity index (χ1v) is 6.68. The average Bonchev–Trinajstić information content (AvgIpc) is 2.85. The zero-order chi connectivity index (χ0) is 13.8. The summed E-state index contributed by atoms with van der Waals surface area (Å²) in [6.07, 6.45) is 2.89. The molecule has 0 bridgehead atoms. The van der Waals surface area contributed by atoms with Gasteiger partial charge in [-0.3, -0.25) is 4.68 Å². The quantitative estimate of drug-likeness (QED) is 0.828. The Labute approximate surface area is 114 Å². The number of hydrogen-bond donors (Lipinski definition) is 0. The minimum atomic E-state index is 0.359. The lowest BCUT2D eigenvalue weighted by Gasteiger charge is -2.17. The smallest absolute Gasteiger partial charge is 0.122 e. The van der Waals surface area contributed by atoms with E-state index in [-0.39, 0.29) is 0 Å². The van der Waals surface area contributed by atoms with Gasteiger partial charge in [-0.2, -0.15) is 0 Å². The summed E-state index contributed by atoms with van der Waals surface area (Å²) in [5, 5.41) is 8.29. The van der Waals surface area contributed by atoms with Crippen LogP contribution in [-0.2, 0) is 13.0 Å². The molecule has 102 valence electrons. The van der Waals surface area contributed by atoms with Gasteiger partial charge in [0.25, 0.3) is 0 Å². The highest BCUT2D eigenvalue weighted by Gasteiger charge is 2.16. The minimum absolute atomic E-state index is 0.359. The third kappa shape index (κ3) is 2.95. The molecule has 0 spiro atoms. The van der Waals surface area contributed by atoms with Gasteiger partial charge in [0.05, 0.1) is 12.8 Å². The van der Waals surface area contributed by atoms with Gasteiger partial charge in [-0.1, -0.05) is 24.3 Å². The van der Waals surface area contributed by atoms with Gasteiger partial charge in [-0.25, -0.2) is 0 Å². The van der Waals surface area contributed by atoms with Crippen molar-refractivity contribution in [1.29, 1.82) is 0 Å². The van der Waals surface area contributed by atoms with Crippen molar-refractivity contribution < 1.29 is 4.74 Å². The lowest BCUT2D eigenvalue weighted by atomic mass is 9.92. The Morgan fingerprint density at radius 1 is 1.37 bits per heavy atom. The maximum Gasteiger partial charge on any atom is 0.122 e. The first-order valence-electron chi connectivity index (χ1n) is 6.68. The van der Waals surface area contributed by atoms with Crippen molar-refractivity contribution >= 4 is 0 Å². The third-order valence-electron chi connectivity index (χ3n) is 3.42. The summed E-state index contributed by atoms with van der Waals surface area (Å²) in [4.78, 5) is 0. The Kier molecular flexibility index (Phi) is 4.20. The highest BCUT2D eigenvalue weighted by molar-refractivity contribution is 5.42. The van der Waals surface area contributed by atoms with Crippen molar-refractivity contribution in [1.82, 2.24) is 15.0 Å². The zero-order valence-electron chi connectivity index (χ0n) is 12.1. The van der Waals surface area contributed by atoms with Crippen LogP contribution in [0, 0.1) is 6.92 Å². The van der Waals surface area contributed by atoms with Gasteiger partial charge < -0.3 is 4.74 Å². The summed E-state index contributed by atoms with van der Waals surface area (Å²) in [6, 6.07) is 6.16. The molecule has 1 heterocycles. The van der Waals surface area contributed by atoms with Crippen LogP contribution in [0.15, 0.2) is 24.4 Å². The average molecular weight is 259 g/mol. The number of hydrogen-bond acceptors (Lipinski definition) is 3. The van der Waals surface area contributed by atoms with Gasteiger partial charge in [0.15, 0.2) is 0 Å². The van der Waals surface area contributed by atoms with E-state index in [0.717, 1.165) is 24.4 Å². The van der Waals surface area contributed by atoms with Crippen molar-refractivity contribution in [2.45, 2.75) is 39.7 Å². The van der Waals surface area contributed by atoms with E-state index in [1.54, 1.807) is 7.11 Å². The number of aryl methyl sites for hydroxylation is 2. The summed E-state index contributed by atoms with van der Waals surface area (Å²) >= 11 is 0. The number of ether oxygens (including phenoxy) is 1. The van der Waals surface area contributed by atoms with Gasteiger partial charge in [0.2, 0.25) is 0 Å². The van der Waals surface area contributed by atoms with Crippen molar-refractivity contribution in [2.75, 3.05) is 7.11 Å². The summed E-state index contributed by atoms with van der Waals surface area (Å²) in [5.41, 5.74) is 3.55. The zero-order valence-corrected chi connectivity index (χ0v) is 12.1. The molecule has 0 saturated heterocycles. The SMILES string of the molecule is CCn1cc(CC(C)c2c(C)cccc2OC)nn1. The molecular formula is C15H21N3O. The molecule has 1 atom stereocenters. The van der Waals surface area contributed by atoms with Crippen molar-refractivity contribution in [2.24, 2.45) is 0 Å². The Morgan fingerprint density at radius 2 is 2.16 bits per heavy atom. The van der Waals surface area contributed by atoms with E-state index < -0.39 is 0 Å². The molecule has 0 fully saturated rings. The fraction of sp³-hybridized carbons (Fsp3) is 0.467. The van der Waals surface area contributed by atoms with Crippen LogP contribution in [0.2, 0.25) is 0 Å². The lowest BCUT2D eigenvalue weighted by molar-refractivity contribution is 0.405. The van der Waals surface area contributed by atoms with Crippen LogP contribution in [0.25, 0.3) is 0 Å².